The second-order valence-corrected chi connectivity index (χ2v) is 6.69. The van der Waals surface area contributed by atoms with Gasteiger partial charge in [0.2, 0.25) is 5.91 Å². The number of nitrogens with zero attached hydrogens (tertiary/aromatic N) is 1. The Labute approximate surface area is 179 Å². The molecule has 1 aromatic rings. The number of ether oxygens (including phenoxy) is 1. The van der Waals surface area contributed by atoms with Crippen molar-refractivity contribution >= 4 is 35.8 Å². The number of rotatable bonds is 10. The van der Waals surface area contributed by atoms with Gasteiger partial charge < -0.3 is 20.7 Å². The standard InChI is InChI=1S/C20H32N4O2.HI/c1-4-21-20(22-12-5-6-19(25)24-17-9-10-17)23-13-11-16-8-7-15(2)18(14-16)26-3;/h7-8,14,17H,4-6,9-13H2,1-3H3,(H,24,25)(H2,21,22,23);1H. The minimum absolute atomic E-state index is 0. The van der Waals surface area contributed by atoms with Gasteiger partial charge in [-0.15, -0.1) is 24.0 Å². The Morgan fingerprint density at radius 1 is 1.30 bits per heavy atom. The van der Waals surface area contributed by atoms with E-state index >= 15 is 0 Å². The normalized spacial score (nSPS) is 13.5. The number of aryl methyl sites for hydroxylation is 1. The average molecular weight is 488 g/mol. The first-order valence-electron chi connectivity index (χ1n) is 9.57. The molecule has 1 aliphatic rings. The molecule has 27 heavy (non-hydrogen) atoms. The molecule has 1 aliphatic carbocycles. The predicted molar refractivity (Wildman–Crippen MR) is 121 cm³/mol. The highest BCUT2D eigenvalue weighted by Gasteiger charge is 2.22. The molecule has 1 amide bonds. The van der Waals surface area contributed by atoms with Crippen LogP contribution >= 0.6 is 24.0 Å². The SMILES string of the molecule is CCNC(=NCCCC(=O)NC1CC1)NCCc1ccc(C)c(OC)c1.I. The van der Waals surface area contributed by atoms with Gasteiger partial charge in [-0.25, -0.2) is 0 Å². The molecule has 0 radical (unpaired) electrons. The summed E-state index contributed by atoms with van der Waals surface area (Å²) in [6.45, 7) is 6.34. The van der Waals surface area contributed by atoms with E-state index in [2.05, 4.69) is 39.1 Å². The molecular formula is C20H33IN4O2. The highest BCUT2D eigenvalue weighted by molar-refractivity contribution is 14.0. The second-order valence-electron chi connectivity index (χ2n) is 6.69. The maximum Gasteiger partial charge on any atom is 0.220 e. The van der Waals surface area contributed by atoms with Gasteiger partial charge in [0, 0.05) is 32.1 Å². The van der Waals surface area contributed by atoms with Crippen molar-refractivity contribution in [2.24, 2.45) is 4.99 Å². The Balaban J connectivity index is 0.00000364. The van der Waals surface area contributed by atoms with E-state index in [0.717, 1.165) is 56.0 Å². The molecule has 0 bridgehead atoms. The quantitative estimate of drug-likeness (QED) is 0.205. The fourth-order valence-electron chi connectivity index (χ4n) is 2.64. The van der Waals surface area contributed by atoms with Crippen LogP contribution in [0.2, 0.25) is 0 Å². The number of methoxy groups -OCH3 is 1. The van der Waals surface area contributed by atoms with Crippen molar-refractivity contribution in [1.82, 2.24) is 16.0 Å². The molecule has 6 nitrogen and oxygen atoms in total. The third-order valence-electron chi connectivity index (χ3n) is 4.30. The Morgan fingerprint density at radius 2 is 2.07 bits per heavy atom. The smallest absolute Gasteiger partial charge is 0.220 e. The Bertz CT molecular complexity index is 618. The van der Waals surface area contributed by atoms with Gasteiger partial charge >= 0.3 is 0 Å². The van der Waals surface area contributed by atoms with E-state index in [1.165, 1.54) is 5.56 Å². The fourth-order valence-corrected chi connectivity index (χ4v) is 2.64. The van der Waals surface area contributed by atoms with Crippen LogP contribution in [-0.4, -0.2) is 44.7 Å². The summed E-state index contributed by atoms with van der Waals surface area (Å²) in [6.07, 6.45) is 4.47. The molecule has 0 heterocycles. The number of carbonyl (C=O) groups excluding carboxylic acids is 1. The van der Waals surface area contributed by atoms with E-state index in [9.17, 15) is 4.79 Å². The third kappa shape index (κ3) is 9.30. The topological polar surface area (TPSA) is 74.8 Å². The number of amides is 1. The van der Waals surface area contributed by atoms with Gasteiger partial charge in [-0.2, -0.15) is 0 Å². The van der Waals surface area contributed by atoms with Crippen LogP contribution in [0.3, 0.4) is 0 Å². The average Bonchev–Trinajstić information content (AvgIpc) is 3.44. The number of hydrogen-bond donors (Lipinski definition) is 3. The van der Waals surface area contributed by atoms with Crippen molar-refractivity contribution < 1.29 is 9.53 Å². The number of halogens is 1. The molecule has 1 fully saturated rings. The molecule has 1 aromatic carbocycles. The summed E-state index contributed by atoms with van der Waals surface area (Å²) >= 11 is 0. The molecule has 2 rings (SSSR count). The van der Waals surface area contributed by atoms with E-state index in [1.807, 2.05) is 13.8 Å². The largest absolute Gasteiger partial charge is 0.496 e. The van der Waals surface area contributed by atoms with Crippen LogP contribution in [0.25, 0.3) is 0 Å². The zero-order valence-corrected chi connectivity index (χ0v) is 19.0. The van der Waals surface area contributed by atoms with Gasteiger partial charge in [0.25, 0.3) is 0 Å². The van der Waals surface area contributed by atoms with Crippen LogP contribution in [0.1, 0.15) is 43.7 Å². The molecule has 0 unspecified atom stereocenters. The van der Waals surface area contributed by atoms with Crippen LogP contribution in [0.4, 0.5) is 0 Å². The summed E-state index contributed by atoms with van der Waals surface area (Å²) in [5.41, 5.74) is 2.37. The summed E-state index contributed by atoms with van der Waals surface area (Å²) in [7, 11) is 1.70. The van der Waals surface area contributed by atoms with Crippen molar-refractivity contribution in [3.05, 3.63) is 29.3 Å². The molecule has 0 spiro atoms. The van der Waals surface area contributed by atoms with Crippen molar-refractivity contribution in [2.45, 2.75) is 52.0 Å². The van der Waals surface area contributed by atoms with Crippen LogP contribution in [0.15, 0.2) is 23.2 Å². The molecule has 152 valence electrons. The van der Waals surface area contributed by atoms with Crippen LogP contribution < -0.4 is 20.7 Å². The molecule has 1 saturated carbocycles. The van der Waals surface area contributed by atoms with Gasteiger partial charge in [-0.05, 0) is 56.7 Å². The van der Waals surface area contributed by atoms with Gasteiger partial charge in [0.05, 0.1) is 7.11 Å². The van der Waals surface area contributed by atoms with Gasteiger partial charge in [-0.1, -0.05) is 12.1 Å². The summed E-state index contributed by atoms with van der Waals surface area (Å²) in [4.78, 5) is 16.2. The minimum atomic E-state index is 0. The van der Waals surface area contributed by atoms with E-state index in [1.54, 1.807) is 7.11 Å². The second kappa shape index (κ2) is 12.8. The lowest BCUT2D eigenvalue weighted by Gasteiger charge is -2.12. The number of carbonyl (C=O) groups is 1. The number of guanidine groups is 1. The zero-order chi connectivity index (χ0) is 18.8. The van der Waals surface area contributed by atoms with E-state index in [4.69, 9.17) is 4.74 Å². The Hall–Kier alpha value is -1.51. The lowest BCUT2D eigenvalue weighted by Crippen LogP contribution is -2.38. The van der Waals surface area contributed by atoms with E-state index in [0.29, 0.717) is 19.0 Å². The maximum absolute atomic E-state index is 11.7. The van der Waals surface area contributed by atoms with Gasteiger partial charge in [0.1, 0.15) is 5.75 Å². The highest BCUT2D eigenvalue weighted by Crippen LogP contribution is 2.19. The lowest BCUT2D eigenvalue weighted by atomic mass is 10.1. The summed E-state index contributed by atoms with van der Waals surface area (Å²) < 4.78 is 5.38. The first-order valence-corrected chi connectivity index (χ1v) is 9.57. The van der Waals surface area contributed by atoms with Gasteiger partial charge in [-0.3, -0.25) is 9.79 Å². The number of aliphatic imine (C=N–C) groups is 1. The lowest BCUT2D eigenvalue weighted by molar-refractivity contribution is -0.121. The van der Waals surface area contributed by atoms with Crippen LogP contribution in [-0.2, 0) is 11.2 Å². The first kappa shape index (κ1) is 23.5. The maximum atomic E-state index is 11.7. The number of nitrogens with one attached hydrogen (secondary N) is 3. The first-order chi connectivity index (χ1) is 12.6. The van der Waals surface area contributed by atoms with Crippen molar-refractivity contribution in [1.29, 1.82) is 0 Å². The van der Waals surface area contributed by atoms with Crippen molar-refractivity contribution in [3.8, 4) is 5.75 Å². The molecular weight excluding hydrogens is 455 g/mol. The third-order valence-corrected chi connectivity index (χ3v) is 4.30. The van der Waals surface area contributed by atoms with Crippen LogP contribution in [0, 0.1) is 6.92 Å². The molecule has 0 saturated heterocycles. The predicted octanol–water partition coefficient (Wildman–Crippen LogP) is 2.78. The fraction of sp³-hybridized carbons (Fsp3) is 0.600. The molecule has 7 heteroatoms. The summed E-state index contributed by atoms with van der Waals surface area (Å²) in [5, 5.41) is 9.60. The van der Waals surface area contributed by atoms with Crippen molar-refractivity contribution in [3.63, 3.8) is 0 Å². The van der Waals surface area contributed by atoms with Crippen LogP contribution in [0.5, 0.6) is 5.75 Å². The molecule has 3 N–H and O–H groups in total. The highest BCUT2D eigenvalue weighted by atomic mass is 127. The summed E-state index contributed by atoms with van der Waals surface area (Å²) in [6, 6.07) is 6.73. The number of benzene rings is 1. The number of hydrogen-bond acceptors (Lipinski definition) is 3. The zero-order valence-electron chi connectivity index (χ0n) is 16.6. The van der Waals surface area contributed by atoms with Gasteiger partial charge in [0.15, 0.2) is 5.96 Å². The van der Waals surface area contributed by atoms with Crippen molar-refractivity contribution in [2.75, 3.05) is 26.7 Å². The Morgan fingerprint density at radius 3 is 2.74 bits per heavy atom. The molecule has 0 aliphatic heterocycles. The molecule has 0 atom stereocenters. The monoisotopic (exact) mass is 488 g/mol. The molecule has 0 aromatic heterocycles. The van der Waals surface area contributed by atoms with E-state index < -0.39 is 0 Å². The Kier molecular flexibility index (Phi) is 11.2. The van der Waals surface area contributed by atoms with E-state index in [-0.39, 0.29) is 29.9 Å². The summed E-state index contributed by atoms with van der Waals surface area (Å²) in [5.74, 6) is 1.87. The minimum Gasteiger partial charge on any atom is -0.496 e.